The van der Waals surface area contributed by atoms with Crippen molar-refractivity contribution in [1.29, 1.82) is 0 Å². The van der Waals surface area contributed by atoms with E-state index in [0.717, 1.165) is 9.80 Å². The van der Waals surface area contributed by atoms with Crippen LogP contribution in [0.5, 0.6) is 0 Å². The minimum Gasteiger partial charge on any atom is -0.349 e. The van der Waals surface area contributed by atoms with Gasteiger partial charge in [0.15, 0.2) is 6.54 Å². The number of hydrogen-bond acceptors (Lipinski definition) is 4. The van der Waals surface area contributed by atoms with Gasteiger partial charge in [0.1, 0.15) is 6.54 Å². The van der Waals surface area contributed by atoms with E-state index in [-0.39, 0.29) is 24.4 Å². The molecule has 0 unspecified atom stereocenters. The van der Waals surface area contributed by atoms with E-state index in [1.807, 2.05) is 13.8 Å². The van der Waals surface area contributed by atoms with Crippen LogP contribution in [0.25, 0.3) is 0 Å². The number of rotatable bonds is 5. The second-order valence-corrected chi connectivity index (χ2v) is 7.27. The smallest absolute Gasteiger partial charge is 0.275 e. The maximum absolute atomic E-state index is 12.6. The predicted molar refractivity (Wildman–Crippen MR) is 97.2 cm³/mol. The number of hydrogen-bond donors (Lipinski definition) is 2. The molecular weight excluding hydrogens is 348 g/mol. The number of piperazine rings is 1. The summed E-state index contributed by atoms with van der Waals surface area (Å²) in [4.78, 5) is 53.0. The molecule has 144 valence electrons. The maximum Gasteiger partial charge on any atom is 0.275 e. The molecule has 1 fully saturated rings. The number of carbonyl (C=O) groups excluding carboxylic acids is 4. The number of nitrogens with zero attached hydrogens (tertiary/aromatic N) is 2. The van der Waals surface area contributed by atoms with Crippen LogP contribution in [0, 0.1) is 0 Å². The van der Waals surface area contributed by atoms with Crippen molar-refractivity contribution in [3.63, 3.8) is 0 Å². The number of carbonyl (C=O) groups is 4. The standard InChI is InChI=1S/C19H24N4O4/c1-13(2)20-16(24)11-21-7-9-22(10-8-21)17(25)12-23-18(26)14-5-3-4-6-15(14)19(23)27/h3-6,13H,7-12H2,1-2H3,(H,20,24)/p+1. The maximum atomic E-state index is 12.6. The fraction of sp³-hybridized carbons (Fsp3) is 0.474. The molecule has 0 saturated carbocycles. The molecule has 0 bridgehead atoms. The van der Waals surface area contributed by atoms with Gasteiger partial charge in [0.25, 0.3) is 17.7 Å². The number of imide groups is 1. The molecule has 0 radical (unpaired) electrons. The van der Waals surface area contributed by atoms with E-state index >= 15 is 0 Å². The summed E-state index contributed by atoms with van der Waals surface area (Å²) in [6, 6.07) is 6.72. The van der Waals surface area contributed by atoms with Crippen LogP contribution in [0.3, 0.4) is 0 Å². The first-order chi connectivity index (χ1) is 12.9. The summed E-state index contributed by atoms with van der Waals surface area (Å²) in [5.41, 5.74) is 0.696. The van der Waals surface area contributed by atoms with Crippen LogP contribution >= 0.6 is 0 Å². The molecule has 0 atom stereocenters. The Balaban J connectivity index is 1.51. The van der Waals surface area contributed by atoms with Crippen molar-refractivity contribution < 1.29 is 24.1 Å². The Morgan fingerprint density at radius 1 is 1.07 bits per heavy atom. The van der Waals surface area contributed by atoms with Crippen molar-refractivity contribution in [1.82, 2.24) is 15.1 Å². The Morgan fingerprint density at radius 2 is 1.63 bits per heavy atom. The molecule has 0 aromatic heterocycles. The third kappa shape index (κ3) is 4.16. The van der Waals surface area contributed by atoms with E-state index < -0.39 is 11.8 Å². The summed E-state index contributed by atoms with van der Waals surface area (Å²) >= 11 is 0. The highest BCUT2D eigenvalue weighted by atomic mass is 16.2. The molecule has 3 rings (SSSR count). The van der Waals surface area contributed by atoms with E-state index in [0.29, 0.717) is 43.9 Å². The molecule has 4 amide bonds. The number of quaternary nitrogens is 1. The number of fused-ring (bicyclic) bond motifs is 1. The molecule has 0 aliphatic carbocycles. The van der Waals surface area contributed by atoms with Gasteiger partial charge >= 0.3 is 0 Å². The summed E-state index contributed by atoms with van der Waals surface area (Å²) in [7, 11) is 0. The highest BCUT2D eigenvalue weighted by Gasteiger charge is 2.37. The molecule has 2 aliphatic rings. The van der Waals surface area contributed by atoms with E-state index in [1.54, 1.807) is 29.2 Å². The van der Waals surface area contributed by atoms with Crippen molar-refractivity contribution in [2.24, 2.45) is 0 Å². The normalized spacial score (nSPS) is 17.4. The lowest BCUT2D eigenvalue weighted by molar-refractivity contribution is -0.896. The van der Waals surface area contributed by atoms with E-state index in [2.05, 4.69) is 5.32 Å². The Bertz CT molecular complexity index is 734. The van der Waals surface area contributed by atoms with Gasteiger partial charge in [-0.3, -0.25) is 24.1 Å². The van der Waals surface area contributed by atoms with Gasteiger partial charge in [-0.15, -0.1) is 0 Å². The summed E-state index contributed by atoms with van der Waals surface area (Å²) in [5, 5.41) is 2.87. The number of nitrogens with one attached hydrogen (secondary N) is 2. The summed E-state index contributed by atoms with van der Waals surface area (Å²) in [6.45, 7) is 6.33. The Morgan fingerprint density at radius 3 is 2.15 bits per heavy atom. The van der Waals surface area contributed by atoms with Crippen molar-refractivity contribution in [3.8, 4) is 0 Å². The largest absolute Gasteiger partial charge is 0.349 e. The van der Waals surface area contributed by atoms with Gasteiger partial charge in [-0.1, -0.05) is 12.1 Å². The summed E-state index contributed by atoms with van der Waals surface area (Å²) in [5.74, 6) is -1.07. The second-order valence-electron chi connectivity index (χ2n) is 7.27. The first-order valence-electron chi connectivity index (χ1n) is 9.22. The lowest BCUT2D eigenvalue weighted by Crippen LogP contribution is -3.16. The van der Waals surface area contributed by atoms with Gasteiger partial charge in [-0.2, -0.15) is 0 Å². The third-order valence-electron chi connectivity index (χ3n) is 4.86. The molecule has 1 saturated heterocycles. The quantitative estimate of drug-likeness (QED) is 0.617. The third-order valence-corrected chi connectivity index (χ3v) is 4.86. The lowest BCUT2D eigenvalue weighted by atomic mass is 10.1. The van der Waals surface area contributed by atoms with E-state index in [4.69, 9.17) is 0 Å². The first kappa shape index (κ1) is 19.0. The van der Waals surface area contributed by atoms with Crippen LogP contribution in [0.2, 0.25) is 0 Å². The predicted octanol–water partition coefficient (Wildman–Crippen LogP) is -1.47. The van der Waals surface area contributed by atoms with Crippen LogP contribution in [0.1, 0.15) is 34.6 Å². The van der Waals surface area contributed by atoms with Crippen molar-refractivity contribution in [3.05, 3.63) is 35.4 Å². The molecule has 8 nitrogen and oxygen atoms in total. The SMILES string of the molecule is CC(C)NC(=O)C[NH+]1CCN(C(=O)CN2C(=O)c3ccccc3C2=O)CC1. The molecular formula is C19H25N4O4+. The van der Waals surface area contributed by atoms with Crippen LogP contribution in [0.4, 0.5) is 0 Å². The van der Waals surface area contributed by atoms with Gasteiger partial charge in [0.2, 0.25) is 5.91 Å². The van der Waals surface area contributed by atoms with Gasteiger partial charge in [-0.05, 0) is 26.0 Å². The lowest BCUT2D eigenvalue weighted by Gasteiger charge is -2.32. The topological polar surface area (TPSA) is 91.2 Å². The Labute approximate surface area is 158 Å². The van der Waals surface area contributed by atoms with Crippen molar-refractivity contribution in [2.75, 3.05) is 39.3 Å². The van der Waals surface area contributed by atoms with E-state index in [9.17, 15) is 19.2 Å². The van der Waals surface area contributed by atoms with Gasteiger partial charge in [0, 0.05) is 6.04 Å². The fourth-order valence-electron chi connectivity index (χ4n) is 3.47. The average molecular weight is 373 g/mol. The van der Waals surface area contributed by atoms with Crippen LogP contribution < -0.4 is 10.2 Å². The van der Waals surface area contributed by atoms with E-state index in [1.165, 1.54) is 0 Å². The summed E-state index contributed by atoms with van der Waals surface area (Å²) < 4.78 is 0. The molecule has 2 aliphatic heterocycles. The zero-order chi connectivity index (χ0) is 19.6. The second kappa shape index (κ2) is 7.87. The molecule has 0 spiro atoms. The summed E-state index contributed by atoms with van der Waals surface area (Å²) in [6.07, 6.45) is 0. The fourth-order valence-corrected chi connectivity index (χ4v) is 3.47. The number of amides is 4. The minimum absolute atomic E-state index is 0.00537. The highest BCUT2D eigenvalue weighted by molar-refractivity contribution is 6.22. The van der Waals surface area contributed by atoms with Crippen molar-refractivity contribution >= 4 is 23.6 Å². The van der Waals surface area contributed by atoms with Crippen LogP contribution in [-0.2, 0) is 9.59 Å². The minimum atomic E-state index is -0.418. The van der Waals surface area contributed by atoms with Crippen LogP contribution in [-0.4, -0.2) is 78.7 Å². The molecule has 2 heterocycles. The molecule has 8 heteroatoms. The van der Waals surface area contributed by atoms with Crippen molar-refractivity contribution in [2.45, 2.75) is 19.9 Å². The van der Waals surface area contributed by atoms with Gasteiger partial charge in [0.05, 0.1) is 37.3 Å². The monoisotopic (exact) mass is 373 g/mol. The molecule has 1 aromatic rings. The van der Waals surface area contributed by atoms with Crippen LogP contribution in [0.15, 0.2) is 24.3 Å². The molecule has 1 aromatic carbocycles. The number of benzene rings is 1. The Hall–Kier alpha value is -2.74. The average Bonchev–Trinajstić information content (AvgIpc) is 2.87. The molecule has 2 N–H and O–H groups in total. The first-order valence-corrected chi connectivity index (χ1v) is 9.22. The zero-order valence-electron chi connectivity index (χ0n) is 15.7. The molecule has 27 heavy (non-hydrogen) atoms. The van der Waals surface area contributed by atoms with Gasteiger partial charge in [-0.25, -0.2) is 0 Å². The van der Waals surface area contributed by atoms with Gasteiger partial charge < -0.3 is 15.1 Å². The highest BCUT2D eigenvalue weighted by Crippen LogP contribution is 2.22. The Kier molecular flexibility index (Phi) is 5.55. The zero-order valence-corrected chi connectivity index (χ0v) is 15.7.